The molecule has 0 aromatic heterocycles. The summed E-state index contributed by atoms with van der Waals surface area (Å²) in [6.07, 6.45) is 0. The average Bonchev–Trinajstić information content (AvgIpc) is 2.85. The quantitative estimate of drug-likeness (QED) is 0.251. The maximum absolute atomic E-state index is 13.7. The van der Waals surface area contributed by atoms with Crippen LogP contribution in [0, 0.1) is 0 Å². The summed E-state index contributed by atoms with van der Waals surface area (Å²) >= 11 is 0. The molecule has 0 saturated carbocycles. The summed E-state index contributed by atoms with van der Waals surface area (Å²) in [5, 5.41) is 8.35. The number of carbonyl (C=O) groups is 2. The topological polar surface area (TPSA) is 34.1 Å². The molecule has 7 rings (SSSR count). The molecule has 0 bridgehead atoms. The average molecular weight is 408 g/mol. The van der Waals surface area contributed by atoms with Crippen molar-refractivity contribution in [1.29, 1.82) is 0 Å². The number of ketones is 2. The Bertz CT molecular complexity index is 1680. The summed E-state index contributed by atoms with van der Waals surface area (Å²) in [5.41, 5.74) is 1.97. The molecule has 2 heteroatoms. The van der Waals surface area contributed by atoms with E-state index in [2.05, 4.69) is 36.4 Å². The van der Waals surface area contributed by atoms with Gasteiger partial charge in [0.15, 0.2) is 11.6 Å². The van der Waals surface area contributed by atoms with Crippen molar-refractivity contribution < 1.29 is 9.59 Å². The molecule has 2 nitrogen and oxygen atoms in total. The van der Waals surface area contributed by atoms with Gasteiger partial charge in [-0.3, -0.25) is 9.59 Å². The van der Waals surface area contributed by atoms with Gasteiger partial charge in [0, 0.05) is 22.3 Å². The van der Waals surface area contributed by atoms with Crippen LogP contribution >= 0.6 is 0 Å². The number of fused-ring (bicyclic) bond motifs is 8. The minimum absolute atomic E-state index is 0.0836. The summed E-state index contributed by atoms with van der Waals surface area (Å²) in [5.74, 6) is -0.168. The normalized spacial score (nSPS) is 13.1. The van der Waals surface area contributed by atoms with Crippen molar-refractivity contribution in [1.82, 2.24) is 0 Å². The summed E-state index contributed by atoms with van der Waals surface area (Å²) in [4.78, 5) is 27.2. The predicted molar refractivity (Wildman–Crippen MR) is 130 cm³/mol. The fourth-order valence-electron chi connectivity index (χ4n) is 5.15. The molecular weight excluding hydrogens is 392 g/mol. The fourth-order valence-corrected chi connectivity index (χ4v) is 5.15. The Morgan fingerprint density at radius 1 is 0.344 bits per heavy atom. The van der Waals surface area contributed by atoms with E-state index in [9.17, 15) is 9.59 Å². The largest absolute Gasteiger partial charge is 0.289 e. The van der Waals surface area contributed by atoms with Gasteiger partial charge in [0.2, 0.25) is 0 Å². The molecule has 1 aliphatic rings. The van der Waals surface area contributed by atoms with Crippen molar-refractivity contribution in [3.63, 3.8) is 0 Å². The van der Waals surface area contributed by atoms with Crippen molar-refractivity contribution in [2.45, 2.75) is 0 Å². The highest BCUT2D eigenvalue weighted by molar-refractivity contribution is 6.32. The zero-order valence-electron chi connectivity index (χ0n) is 17.1. The molecule has 0 fully saturated rings. The molecule has 1 aliphatic carbocycles. The highest BCUT2D eigenvalue weighted by Gasteiger charge is 2.30. The van der Waals surface area contributed by atoms with Gasteiger partial charge < -0.3 is 0 Å². The molecular formula is C30H16O2. The Hall–Kier alpha value is -4.30. The van der Waals surface area contributed by atoms with Crippen LogP contribution in [0.2, 0.25) is 0 Å². The van der Waals surface area contributed by atoms with Crippen molar-refractivity contribution in [3.8, 4) is 0 Å². The number of hydrogen-bond acceptors (Lipinski definition) is 2. The van der Waals surface area contributed by atoms with Crippen molar-refractivity contribution >= 4 is 54.7 Å². The van der Waals surface area contributed by atoms with E-state index in [4.69, 9.17) is 0 Å². The minimum Gasteiger partial charge on any atom is -0.289 e. The standard InChI is InChI=1S/C30H16O2/c31-29-25-13-19-11-9-17-5-1-3-7-21(17)23(19)15-27(25)30(32)28-16-24-20(14-26(28)29)12-10-18-6-2-4-8-22(18)24/h1-16H. The van der Waals surface area contributed by atoms with Crippen LogP contribution in [0.4, 0.5) is 0 Å². The van der Waals surface area contributed by atoms with Crippen LogP contribution in [0.15, 0.2) is 97.1 Å². The van der Waals surface area contributed by atoms with Crippen LogP contribution < -0.4 is 0 Å². The van der Waals surface area contributed by atoms with Crippen LogP contribution in [-0.2, 0) is 0 Å². The smallest absolute Gasteiger partial charge is 0.194 e. The van der Waals surface area contributed by atoms with Gasteiger partial charge >= 0.3 is 0 Å². The van der Waals surface area contributed by atoms with Crippen LogP contribution in [0.3, 0.4) is 0 Å². The van der Waals surface area contributed by atoms with Gasteiger partial charge in [0.25, 0.3) is 0 Å². The van der Waals surface area contributed by atoms with Crippen molar-refractivity contribution in [2.24, 2.45) is 0 Å². The van der Waals surface area contributed by atoms with Crippen LogP contribution in [-0.4, -0.2) is 11.6 Å². The SMILES string of the molecule is O=C1c2cc3ccc4ccccc4c3cc2C(=O)c2cc3c(ccc4ccccc43)cc21. The molecule has 0 heterocycles. The Balaban J connectivity index is 1.54. The first-order valence-electron chi connectivity index (χ1n) is 10.7. The van der Waals surface area contributed by atoms with Gasteiger partial charge in [0.1, 0.15) is 0 Å². The first-order valence-corrected chi connectivity index (χ1v) is 10.7. The number of rotatable bonds is 0. The van der Waals surface area contributed by atoms with Gasteiger partial charge in [-0.15, -0.1) is 0 Å². The number of benzene rings is 6. The summed E-state index contributed by atoms with van der Waals surface area (Å²) in [6.45, 7) is 0. The molecule has 0 unspecified atom stereocenters. The van der Waals surface area contributed by atoms with E-state index in [1.165, 1.54) is 0 Å². The third-order valence-corrected chi connectivity index (χ3v) is 6.74. The van der Waals surface area contributed by atoms with Crippen molar-refractivity contribution in [3.05, 3.63) is 119 Å². The van der Waals surface area contributed by atoms with E-state index < -0.39 is 0 Å². The molecule has 32 heavy (non-hydrogen) atoms. The Morgan fingerprint density at radius 3 is 1.19 bits per heavy atom. The van der Waals surface area contributed by atoms with E-state index in [1.54, 1.807) is 0 Å². The molecule has 6 aromatic rings. The molecule has 6 aromatic carbocycles. The lowest BCUT2D eigenvalue weighted by atomic mass is 9.81. The lowest BCUT2D eigenvalue weighted by Gasteiger charge is -2.20. The van der Waals surface area contributed by atoms with E-state index in [0.717, 1.165) is 43.1 Å². The Labute approximate surface area is 183 Å². The second-order valence-electron chi connectivity index (χ2n) is 8.47. The van der Waals surface area contributed by atoms with E-state index in [-0.39, 0.29) is 11.6 Å². The van der Waals surface area contributed by atoms with E-state index in [0.29, 0.717) is 22.3 Å². The molecule has 148 valence electrons. The van der Waals surface area contributed by atoms with E-state index >= 15 is 0 Å². The first kappa shape index (κ1) is 17.4. The summed E-state index contributed by atoms with van der Waals surface area (Å²) < 4.78 is 0. The van der Waals surface area contributed by atoms with E-state index in [1.807, 2.05) is 60.7 Å². The van der Waals surface area contributed by atoms with Gasteiger partial charge in [-0.2, -0.15) is 0 Å². The van der Waals surface area contributed by atoms with Crippen LogP contribution in [0.5, 0.6) is 0 Å². The van der Waals surface area contributed by atoms with Crippen LogP contribution in [0.1, 0.15) is 31.8 Å². The predicted octanol–water partition coefficient (Wildman–Crippen LogP) is 7.07. The van der Waals surface area contributed by atoms with Gasteiger partial charge in [0.05, 0.1) is 0 Å². The monoisotopic (exact) mass is 408 g/mol. The second kappa shape index (κ2) is 6.12. The third-order valence-electron chi connectivity index (χ3n) is 6.74. The zero-order valence-corrected chi connectivity index (χ0v) is 17.1. The molecule has 0 saturated heterocycles. The van der Waals surface area contributed by atoms with Gasteiger partial charge in [-0.1, -0.05) is 72.8 Å². The Morgan fingerprint density at radius 2 is 0.719 bits per heavy atom. The molecule has 0 N–H and O–H groups in total. The number of carbonyl (C=O) groups excluding carboxylic acids is 2. The minimum atomic E-state index is -0.0840. The Kier molecular flexibility index (Phi) is 3.32. The highest BCUT2D eigenvalue weighted by Crippen LogP contribution is 2.36. The maximum atomic E-state index is 13.7. The first-order chi connectivity index (χ1) is 15.7. The second-order valence-corrected chi connectivity index (χ2v) is 8.47. The molecule has 0 radical (unpaired) electrons. The lowest BCUT2D eigenvalue weighted by Crippen LogP contribution is -2.21. The maximum Gasteiger partial charge on any atom is 0.194 e. The number of hydrogen-bond donors (Lipinski definition) is 0. The molecule has 0 atom stereocenters. The third kappa shape index (κ3) is 2.24. The zero-order chi connectivity index (χ0) is 21.4. The summed E-state index contributed by atoms with van der Waals surface area (Å²) in [6, 6.07) is 32.0. The van der Waals surface area contributed by atoms with Crippen molar-refractivity contribution in [2.75, 3.05) is 0 Å². The van der Waals surface area contributed by atoms with Crippen LogP contribution in [0.25, 0.3) is 43.1 Å². The fraction of sp³-hybridized carbons (Fsp3) is 0. The highest BCUT2D eigenvalue weighted by atomic mass is 16.1. The molecule has 0 aliphatic heterocycles. The van der Waals surface area contributed by atoms with Gasteiger partial charge in [-0.05, 0) is 67.4 Å². The van der Waals surface area contributed by atoms with Gasteiger partial charge in [-0.25, -0.2) is 0 Å². The lowest BCUT2D eigenvalue weighted by molar-refractivity contribution is 0.0979. The summed E-state index contributed by atoms with van der Waals surface area (Å²) in [7, 11) is 0. The molecule has 0 spiro atoms. The molecule has 0 amide bonds.